The molecule has 0 fully saturated rings. The van der Waals surface area contributed by atoms with Crippen LogP contribution in [0.2, 0.25) is 49.4 Å². The second-order valence-corrected chi connectivity index (χ2v) is 25.2. The van der Waals surface area contributed by atoms with Gasteiger partial charge in [-0.3, -0.25) is 0 Å². The van der Waals surface area contributed by atoms with Crippen molar-refractivity contribution in [2.75, 3.05) is 0 Å². The van der Waals surface area contributed by atoms with Crippen LogP contribution in [0.3, 0.4) is 0 Å². The third kappa shape index (κ3) is 5.91. The molecule has 0 radical (unpaired) electrons. The largest absolute Gasteiger partial charge is 0.138 e. The van der Waals surface area contributed by atoms with Gasteiger partial charge in [0.2, 0.25) is 0 Å². The van der Waals surface area contributed by atoms with Gasteiger partial charge < -0.3 is 0 Å². The van der Waals surface area contributed by atoms with Gasteiger partial charge in [-0.25, -0.2) is 0 Å². The third-order valence-electron chi connectivity index (χ3n) is 9.09. The Morgan fingerprint density at radius 3 is 1.08 bits per heavy atom. The quantitative estimate of drug-likeness (QED) is 0.232. The minimum atomic E-state index is -2.11. The van der Waals surface area contributed by atoms with Crippen LogP contribution >= 0.6 is 0 Å². The maximum absolute atomic E-state index is 3.98. The molecule has 3 rings (SSSR count). The summed E-state index contributed by atoms with van der Waals surface area (Å²) < 4.78 is 0. The van der Waals surface area contributed by atoms with Crippen LogP contribution in [0.15, 0.2) is 71.1 Å². The van der Waals surface area contributed by atoms with Crippen molar-refractivity contribution in [1.82, 2.24) is 0 Å². The Morgan fingerprint density at radius 2 is 0.811 bits per heavy atom. The molecule has 1 aliphatic rings. The Kier molecular flexibility index (Phi) is 9.87. The zero-order valence-corrected chi connectivity index (χ0v) is 27.5. The van der Waals surface area contributed by atoms with Gasteiger partial charge in [0.25, 0.3) is 0 Å². The lowest BCUT2D eigenvalue weighted by Crippen LogP contribution is -2.33. The van der Waals surface area contributed by atoms with Crippen LogP contribution in [-0.4, -0.2) is 24.2 Å². The Balaban J connectivity index is 2.42. The van der Waals surface area contributed by atoms with E-state index in [2.05, 4.69) is 138 Å². The van der Waals surface area contributed by atoms with Crippen molar-refractivity contribution < 1.29 is 0 Å². The van der Waals surface area contributed by atoms with Crippen molar-refractivity contribution in [3.63, 3.8) is 0 Å². The zero-order valence-electron chi connectivity index (χ0n) is 24.5. The normalized spacial score (nSPS) is 15.2. The molecule has 0 saturated heterocycles. The Labute approximate surface area is 230 Å². The summed E-state index contributed by atoms with van der Waals surface area (Å²) >= 11 is 0. The number of hydrogen-bond acceptors (Lipinski definition) is 0. The fourth-order valence-electron chi connectivity index (χ4n) is 5.64. The number of benzene rings is 2. The molecular formula is C34H46Si3. The summed E-state index contributed by atoms with van der Waals surface area (Å²) in [6, 6.07) is 29.4. The molecule has 0 aromatic heterocycles. The maximum Gasteiger partial charge on any atom is 0.138 e. The van der Waals surface area contributed by atoms with Crippen molar-refractivity contribution in [3.8, 4) is 22.9 Å². The minimum absolute atomic E-state index is 1.23. The number of rotatable bonds is 8. The van der Waals surface area contributed by atoms with Crippen molar-refractivity contribution in [1.29, 1.82) is 0 Å². The molecule has 0 aliphatic carbocycles. The summed E-state index contributed by atoms with van der Waals surface area (Å²) in [5, 5.41) is 2.79. The Morgan fingerprint density at radius 1 is 0.514 bits per heavy atom. The first-order valence-electron chi connectivity index (χ1n) is 14.4. The molecule has 194 valence electrons. The first-order chi connectivity index (χ1) is 17.8. The molecule has 0 spiro atoms. The average Bonchev–Trinajstić information content (AvgIpc) is 3.17. The third-order valence-corrected chi connectivity index (χ3v) is 21.8. The molecular weight excluding hydrogens is 493 g/mol. The molecule has 1 heterocycles. The summed E-state index contributed by atoms with van der Waals surface area (Å²) in [5.74, 6) is 7.88. The highest BCUT2D eigenvalue weighted by atomic mass is 28.3. The second kappa shape index (κ2) is 12.5. The molecule has 3 heteroatoms. The molecule has 2 aromatic carbocycles. The molecule has 0 nitrogen and oxygen atoms in total. The van der Waals surface area contributed by atoms with Gasteiger partial charge in [0.15, 0.2) is 0 Å². The van der Waals surface area contributed by atoms with E-state index < -0.39 is 24.2 Å². The summed E-state index contributed by atoms with van der Waals surface area (Å²) in [7, 11) is -5.29. The van der Waals surface area contributed by atoms with Crippen molar-refractivity contribution in [2.45, 2.75) is 90.9 Å². The fourth-order valence-corrected chi connectivity index (χ4v) is 13.5. The lowest BCUT2D eigenvalue weighted by atomic mass is 9.92. The predicted octanol–water partition coefficient (Wildman–Crippen LogP) is 9.80. The molecule has 0 bridgehead atoms. The first-order valence-corrected chi connectivity index (χ1v) is 22.7. The standard InChI is InChI=1S/C34H46Si3/c1-9-36(10-2,11-3)27-25-31-33(29-21-17-15-18-22-29)34(30-23-19-16-20-24-30)32(35(31,7)8)26-28-37(12-4,13-5)14-6/h15-24H,9-14H2,1-8H3. The second-order valence-electron chi connectivity index (χ2n) is 11.0. The molecule has 0 unspecified atom stereocenters. The SMILES string of the molecule is CC[Si](C#CC1=C(c2ccccc2)C(c2ccccc2)=C(C#C[Si](CC)(CC)CC)[Si]1(C)C)(CC)CC. The van der Waals surface area contributed by atoms with Gasteiger partial charge in [-0.15, -0.1) is 11.1 Å². The van der Waals surface area contributed by atoms with Crippen LogP contribution in [0.4, 0.5) is 0 Å². The van der Waals surface area contributed by atoms with E-state index in [0.29, 0.717) is 0 Å². The lowest BCUT2D eigenvalue weighted by molar-refractivity contribution is 1.20. The summed E-state index contributed by atoms with van der Waals surface area (Å²) in [6.07, 6.45) is 0. The van der Waals surface area contributed by atoms with Crippen LogP contribution in [0.25, 0.3) is 11.1 Å². The molecule has 0 amide bonds. The maximum atomic E-state index is 3.98. The van der Waals surface area contributed by atoms with Crippen molar-refractivity contribution >= 4 is 35.4 Å². The van der Waals surface area contributed by atoms with Crippen LogP contribution in [0.5, 0.6) is 0 Å². The van der Waals surface area contributed by atoms with E-state index >= 15 is 0 Å². The van der Waals surface area contributed by atoms with Gasteiger partial charge >= 0.3 is 0 Å². The van der Waals surface area contributed by atoms with E-state index in [4.69, 9.17) is 0 Å². The van der Waals surface area contributed by atoms with Gasteiger partial charge in [0.05, 0.1) is 0 Å². The van der Waals surface area contributed by atoms with E-state index in [9.17, 15) is 0 Å². The molecule has 37 heavy (non-hydrogen) atoms. The Bertz CT molecular complexity index is 1130. The van der Waals surface area contributed by atoms with E-state index in [1.165, 1.54) is 68.9 Å². The van der Waals surface area contributed by atoms with E-state index in [1.807, 2.05) is 0 Å². The minimum Gasteiger partial charge on any atom is -0.127 e. The van der Waals surface area contributed by atoms with Crippen molar-refractivity contribution in [2.24, 2.45) is 0 Å². The highest BCUT2D eigenvalue weighted by Gasteiger charge is 2.42. The smallest absolute Gasteiger partial charge is 0.127 e. The van der Waals surface area contributed by atoms with Crippen LogP contribution in [0.1, 0.15) is 52.7 Å². The Hall–Kier alpha value is -2.31. The first kappa shape index (κ1) is 29.2. The number of allylic oxidation sites excluding steroid dienone is 4. The van der Waals surface area contributed by atoms with E-state index in [1.54, 1.807) is 0 Å². The van der Waals surface area contributed by atoms with Crippen LogP contribution in [0, 0.1) is 22.9 Å². The summed E-state index contributed by atoms with van der Waals surface area (Å²) in [6.45, 7) is 19.1. The fraction of sp³-hybridized carbons (Fsp3) is 0.412. The lowest BCUT2D eigenvalue weighted by Gasteiger charge is -2.23. The van der Waals surface area contributed by atoms with Crippen molar-refractivity contribution in [3.05, 3.63) is 82.2 Å². The topological polar surface area (TPSA) is 0 Å². The monoisotopic (exact) mass is 538 g/mol. The molecule has 2 aromatic rings. The zero-order chi connectivity index (χ0) is 27.1. The highest BCUT2D eigenvalue weighted by Crippen LogP contribution is 2.48. The average molecular weight is 539 g/mol. The van der Waals surface area contributed by atoms with Crippen LogP contribution < -0.4 is 0 Å². The molecule has 0 saturated carbocycles. The van der Waals surface area contributed by atoms with Crippen LogP contribution in [-0.2, 0) is 0 Å². The molecule has 0 N–H and O–H groups in total. The summed E-state index contributed by atoms with van der Waals surface area (Å²) in [5.41, 5.74) is 13.2. The van der Waals surface area contributed by atoms with Gasteiger partial charge in [0.1, 0.15) is 24.2 Å². The van der Waals surface area contributed by atoms with Gasteiger partial charge in [-0.2, -0.15) is 0 Å². The van der Waals surface area contributed by atoms with Gasteiger partial charge in [-0.05, 0) is 58.5 Å². The summed E-state index contributed by atoms with van der Waals surface area (Å²) in [4.78, 5) is 0. The highest BCUT2D eigenvalue weighted by molar-refractivity contribution is 6.97. The molecule has 1 aliphatic heterocycles. The molecule has 0 atom stereocenters. The number of hydrogen-bond donors (Lipinski definition) is 0. The van der Waals surface area contributed by atoms with E-state index in [0.717, 1.165) is 0 Å². The van der Waals surface area contributed by atoms with Gasteiger partial charge in [-0.1, -0.05) is 127 Å². The van der Waals surface area contributed by atoms with Gasteiger partial charge in [0, 0.05) is 10.4 Å². The predicted molar refractivity (Wildman–Crippen MR) is 174 cm³/mol. The van der Waals surface area contributed by atoms with E-state index in [-0.39, 0.29) is 0 Å².